The molecule has 0 aromatic carbocycles. The van der Waals surface area contributed by atoms with E-state index in [-0.39, 0.29) is 17.7 Å². The minimum atomic E-state index is -2.59. The molecule has 0 N–H and O–H groups in total. The van der Waals surface area contributed by atoms with Crippen LogP contribution < -0.4 is 0 Å². The predicted octanol–water partition coefficient (Wildman–Crippen LogP) is 2.13. The smallest absolute Gasteiger partial charge is 0.374 e. The normalized spacial score (nSPS) is 31.4. The van der Waals surface area contributed by atoms with Gasteiger partial charge in [0, 0.05) is 19.8 Å². The molecule has 0 aliphatic carbocycles. The summed E-state index contributed by atoms with van der Waals surface area (Å²) in [5, 5.41) is 0. The summed E-state index contributed by atoms with van der Waals surface area (Å²) in [4.78, 5) is 0. The van der Waals surface area contributed by atoms with Crippen LogP contribution in [0.3, 0.4) is 0 Å². The van der Waals surface area contributed by atoms with E-state index < -0.39 is 8.80 Å². The molecule has 0 radical (unpaired) electrons. The Kier molecular flexibility index (Phi) is 4.38. The number of rotatable bonds is 7. The SMILES string of the molecule is CCO[Si](OCC)(OCC)C1CC2C=CC1O2. The Hall–Kier alpha value is -0.203. The summed E-state index contributed by atoms with van der Waals surface area (Å²) in [5.41, 5.74) is 0.261. The van der Waals surface area contributed by atoms with Crippen molar-refractivity contribution in [3.63, 3.8) is 0 Å². The monoisotopic (exact) mass is 258 g/mol. The van der Waals surface area contributed by atoms with E-state index in [9.17, 15) is 0 Å². The summed E-state index contributed by atoms with van der Waals surface area (Å²) < 4.78 is 23.6. The molecule has 2 heterocycles. The summed E-state index contributed by atoms with van der Waals surface area (Å²) in [7, 11) is -2.59. The van der Waals surface area contributed by atoms with Gasteiger partial charge in [0.15, 0.2) is 0 Å². The van der Waals surface area contributed by atoms with Gasteiger partial charge in [-0.25, -0.2) is 0 Å². The van der Waals surface area contributed by atoms with Crippen LogP contribution in [0.4, 0.5) is 0 Å². The summed E-state index contributed by atoms with van der Waals surface area (Å²) in [6.45, 7) is 7.86. The fourth-order valence-corrected chi connectivity index (χ4v) is 5.88. The van der Waals surface area contributed by atoms with Crippen molar-refractivity contribution in [3.05, 3.63) is 12.2 Å². The summed E-state index contributed by atoms with van der Waals surface area (Å²) >= 11 is 0. The molecule has 5 heteroatoms. The number of hydrogen-bond donors (Lipinski definition) is 0. The summed E-state index contributed by atoms with van der Waals surface area (Å²) in [5.74, 6) is 0. The van der Waals surface area contributed by atoms with E-state index in [1.807, 2.05) is 20.8 Å². The second-order valence-electron chi connectivity index (χ2n) is 4.27. The topological polar surface area (TPSA) is 36.9 Å². The summed E-state index contributed by atoms with van der Waals surface area (Å²) in [6.07, 6.45) is 5.57. The van der Waals surface area contributed by atoms with E-state index >= 15 is 0 Å². The highest BCUT2D eigenvalue weighted by Crippen LogP contribution is 2.45. The second kappa shape index (κ2) is 5.62. The Morgan fingerprint density at radius 3 is 2.00 bits per heavy atom. The molecular formula is C12H22O4Si. The minimum Gasteiger partial charge on any atom is -0.374 e. The molecule has 0 spiro atoms. The van der Waals surface area contributed by atoms with Gasteiger partial charge in [0.2, 0.25) is 0 Å². The average Bonchev–Trinajstić information content (AvgIpc) is 2.91. The Balaban J connectivity index is 2.15. The zero-order valence-electron chi connectivity index (χ0n) is 10.8. The van der Waals surface area contributed by atoms with E-state index in [1.54, 1.807) is 0 Å². The van der Waals surface area contributed by atoms with Gasteiger partial charge in [0.1, 0.15) is 0 Å². The zero-order valence-corrected chi connectivity index (χ0v) is 11.8. The lowest BCUT2D eigenvalue weighted by Gasteiger charge is -2.35. The van der Waals surface area contributed by atoms with Crippen LogP contribution in [0.25, 0.3) is 0 Å². The van der Waals surface area contributed by atoms with Gasteiger partial charge in [0.25, 0.3) is 0 Å². The predicted molar refractivity (Wildman–Crippen MR) is 66.8 cm³/mol. The lowest BCUT2D eigenvalue weighted by molar-refractivity contribution is 0.0505. The Morgan fingerprint density at radius 2 is 1.65 bits per heavy atom. The molecule has 98 valence electrons. The van der Waals surface area contributed by atoms with Gasteiger partial charge in [0.05, 0.1) is 17.7 Å². The van der Waals surface area contributed by atoms with Crippen molar-refractivity contribution >= 4 is 8.80 Å². The zero-order chi connectivity index (χ0) is 12.3. The third-order valence-corrected chi connectivity index (χ3v) is 6.77. The van der Waals surface area contributed by atoms with Gasteiger partial charge in [-0.1, -0.05) is 12.2 Å². The lowest BCUT2D eigenvalue weighted by Crippen LogP contribution is -2.52. The van der Waals surface area contributed by atoms with E-state index in [2.05, 4.69) is 12.2 Å². The molecule has 1 fully saturated rings. The van der Waals surface area contributed by atoms with Crippen LogP contribution >= 0.6 is 0 Å². The fraction of sp³-hybridized carbons (Fsp3) is 0.833. The minimum absolute atomic E-state index is 0.122. The van der Waals surface area contributed by atoms with Gasteiger partial charge in [-0.05, 0) is 27.2 Å². The third-order valence-electron chi connectivity index (χ3n) is 3.22. The molecule has 0 aromatic heterocycles. The first-order valence-corrected chi connectivity index (χ1v) is 8.31. The molecule has 2 bridgehead atoms. The van der Waals surface area contributed by atoms with Crippen molar-refractivity contribution in [2.24, 2.45) is 0 Å². The van der Waals surface area contributed by atoms with E-state index in [4.69, 9.17) is 18.0 Å². The molecule has 1 saturated heterocycles. The van der Waals surface area contributed by atoms with Crippen LogP contribution in [0.2, 0.25) is 5.54 Å². The maximum Gasteiger partial charge on any atom is 0.507 e. The Labute approximate surface area is 104 Å². The Morgan fingerprint density at radius 1 is 1.06 bits per heavy atom. The van der Waals surface area contributed by atoms with Crippen LogP contribution in [-0.2, 0) is 18.0 Å². The van der Waals surface area contributed by atoms with Crippen molar-refractivity contribution < 1.29 is 18.0 Å². The lowest BCUT2D eigenvalue weighted by atomic mass is 10.1. The van der Waals surface area contributed by atoms with Gasteiger partial charge < -0.3 is 18.0 Å². The first-order chi connectivity index (χ1) is 8.25. The molecule has 2 rings (SSSR count). The fourth-order valence-electron chi connectivity index (χ4n) is 2.67. The number of hydrogen-bond acceptors (Lipinski definition) is 4. The van der Waals surface area contributed by atoms with Crippen molar-refractivity contribution in [1.82, 2.24) is 0 Å². The average molecular weight is 258 g/mol. The molecule has 0 amide bonds. The molecule has 3 atom stereocenters. The van der Waals surface area contributed by atoms with Gasteiger partial charge in [-0.3, -0.25) is 0 Å². The first-order valence-electron chi connectivity index (χ1n) is 6.51. The Bertz CT molecular complexity index is 265. The number of fused-ring (bicyclic) bond motifs is 2. The third kappa shape index (κ3) is 2.48. The molecule has 2 aliphatic heterocycles. The van der Waals surface area contributed by atoms with Crippen molar-refractivity contribution in [2.75, 3.05) is 19.8 Å². The van der Waals surface area contributed by atoms with Gasteiger partial charge in [-0.15, -0.1) is 0 Å². The van der Waals surface area contributed by atoms with Crippen LogP contribution in [0.1, 0.15) is 27.2 Å². The quantitative estimate of drug-likeness (QED) is 0.518. The van der Waals surface area contributed by atoms with Crippen molar-refractivity contribution in [3.8, 4) is 0 Å². The van der Waals surface area contributed by atoms with E-state index in [1.165, 1.54) is 0 Å². The molecular weight excluding hydrogens is 236 g/mol. The van der Waals surface area contributed by atoms with Gasteiger partial charge >= 0.3 is 8.80 Å². The molecule has 3 unspecified atom stereocenters. The van der Waals surface area contributed by atoms with Crippen LogP contribution in [0, 0.1) is 0 Å². The molecule has 0 aromatic rings. The molecule has 17 heavy (non-hydrogen) atoms. The highest BCUT2D eigenvalue weighted by Gasteiger charge is 2.57. The molecule has 4 nitrogen and oxygen atoms in total. The summed E-state index contributed by atoms with van der Waals surface area (Å²) in [6, 6.07) is 0. The van der Waals surface area contributed by atoms with Crippen molar-refractivity contribution in [1.29, 1.82) is 0 Å². The van der Waals surface area contributed by atoms with E-state index in [0.29, 0.717) is 19.8 Å². The first kappa shape index (κ1) is 13.2. The standard InChI is InChI=1S/C12H22O4Si/c1-4-13-17(14-5-2,15-6-3)12-9-10-7-8-11(12)16-10/h7-8,10-12H,4-6,9H2,1-3H3. The van der Waals surface area contributed by atoms with Gasteiger partial charge in [-0.2, -0.15) is 0 Å². The highest BCUT2D eigenvalue weighted by atomic mass is 28.4. The van der Waals surface area contributed by atoms with Crippen LogP contribution in [-0.4, -0.2) is 40.8 Å². The van der Waals surface area contributed by atoms with E-state index in [0.717, 1.165) is 6.42 Å². The largest absolute Gasteiger partial charge is 0.507 e. The second-order valence-corrected chi connectivity index (χ2v) is 7.08. The highest BCUT2D eigenvalue weighted by molar-refractivity contribution is 6.62. The molecule has 2 aliphatic rings. The van der Waals surface area contributed by atoms with Crippen LogP contribution in [0.15, 0.2) is 12.2 Å². The molecule has 0 saturated carbocycles. The van der Waals surface area contributed by atoms with Crippen molar-refractivity contribution in [2.45, 2.75) is 44.9 Å². The van der Waals surface area contributed by atoms with Crippen LogP contribution in [0.5, 0.6) is 0 Å². The maximum absolute atomic E-state index is 5.93. The maximum atomic E-state index is 5.93. The number of ether oxygens (including phenoxy) is 1.